The van der Waals surface area contributed by atoms with Gasteiger partial charge in [0, 0.05) is 26.2 Å². The Morgan fingerprint density at radius 3 is 2.31 bits per heavy atom. The van der Waals surface area contributed by atoms with Gasteiger partial charge < -0.3 is 15.1 Å². The van der Waals surface area contributed by atoms with E-state index in [-0.39, 0.29) is 30.1 Å². The largest absolute Gasteiger partial charge is 0.334 e. The molecule has 1 aliphatic rings. The molecule has 2 aromatic carbocycles. The molecule has 0 spiro atoms. The zero-order valence-corrected chi connectivity index (χ0v) is 21.8. The summed E-state index contributed by atoms with van der Waals surface area (Å²) in [5.41, 5.74) is 1.69. The number of carbonyl (C=O) groups is 3. The molecule has 0 saturated heterocycles. The Labute approximate surface area is 214 Å². The molecular weight excluding hydrogens is 452 g/mol. The molecule has 0 aliphatic carbocycles. The van der Waals surface area contributed by atoms with Crippen molar-refractivity contribution in [2.75, 3.05) is 19.4 Å². The highest BCUT2D eigenvalue weighted by Gasteiger charge is 2.45. The second-order valence-corrected chi connectivity index (χ2v) is 10.3. The van der Waals surface area contributed by atoms with Gasteiger partial charge in [-0.1, -0.05) is 62.4 Å². The van der Waals surface area contributed by atoms with Crippen LogP contribution in [0.15, 0.2) is 54.6 Å². The maximum atomic E-state index is 13.7. The fourth-order valence-corrected chi connectivity index (χ4v) is 4.82. The fraction of sp³-hybridized carbons (Fsp3) is 0.448. The molecule has 3 atom stereocenters. The van der Waals surface area contributed by atoms with Crippen molar-refractivity contribution < 1.29 is 14.4 Å². The number of nitriles is 1. The monoisotopic (exact) mass is 488 g/mol. The number of hydrogen-bond acceptors (Lipinski definition) is 4. The lowest BCUT2D eigenvalue weighted by atomic mass is 9.78. The van der Waals surface area contributed by atoms with E-state index in [1.807, 2.05) is 75.4 Å². The summed E-state index contributed by atoms with van der Waals surface area (Å²) < 4.78 is 0. The fourth-order valence-electron chi connectivity index (χ4n) is 4.82. The number of likely N-dealkylation sites (N-methyl/N-ethyl adjacent to an activating group) is 2. The number of anilines is 1. The van der Waals surface area contributed by atoms with Crippen molar-refractivity contribution in [3.8, 4) is 6.07 Å². The number of benzene rings is 2. The second-order valence-electron chi connectivity index (χ2n) is 10.3. The molecule has 1 N–H and O–H groups in total. The predicted octanol–water partition coefficient (Wildman–Crippen LogP) is 4.14. The molecule has 1 aliphatic heterocycles. The van der Waals surface area contributed by atoms with Crippen molar-refractivity contribution in [3.05, 3.63) is 65.7 Å². The summed E-state index contributed by atoms with van der Waals surface area (Å²) in [4.78, 5) is 42.6. The van der Waals surface area contributed by atoms with E-state index in [1.54, 1.807) is 14.1 Å². The van der Waals surface area contributed by atoms with E-state index >= 15 is 0 Å². The zero-order chi connectivity index (χ0) is 26.5. The summed E-state index contributed by atoms with van der Waals surface area (Å²) in [5, 5.41) is 12.9. The molecule has 1 heterocycles. The Balaban J connectivity index is 1.76. The molecule has 0 unspecified atom stereocenters. The standard InChI is InChI=1S/C29H36N4O3/c1-20(2)17-25(33(5)26(34)16-15-21-11-7-6-8-12-21)27(35)32(4)22(19-30)18-29(3)23-13-9-10-14-24(23)31-28(29)36/h6-14,20,22,25H,15-18H2,1-5H3,(H,31,36)/t22-,25-,29+/m0/s1. The minimum Gasteiger partial charge on any atom is -0.334 e. The maximum Gasteiger partial charge on any atom is 0.246 e. The first kappa shape index (κ1) is 26.9. The molecule has 190 valence electrons. The van der Waals surface area contributed by atoms with Crippen LogP contribution in [0.25, 0.3) is 0 Å². The van der Waals surface area contributed by atoms with E-state index in [1.165, 1.54) is 9.80 Å². The number of aryl methyl sites for hydroxylation is 1. The van der Waals surface area contributed by atoms with E-state index in [9.17, 15) is 19.6 Å². The van der Waals surface area contributed by atoms with Crippen LogP contribution < -0.4 is 5.32 Å². The van der Waals surface area contributed by atoms with Crippen LogP contribution in [0.4, 0.5) is 5.69 Å². The summed E-state index contributed by atoms with van der Waals surface area (Å²) in [6.07, 6.45) is 1.53. The third-order valence-electron chi connectivity index (χ3n) is 7.15. The third kappa shape index (κ3) is 5.76. The molecular formula is C29H36N4O3. The van der Waals surface area contributed by atoms with Crippen LogP contribution in [0.1, 0.15) is 51.2 Å². The van der Waals surface area contributed by atoms with Gasteiger partial charge in [-0.3, -0.25) is 14.4 Å². The average Bonchev–Trinajstić information content (AvgIpc) is 3.13. The molecule has 7 nitrogen and oxygen atoms in total. The molecule has 3 rings (SSSR count). The number of nitrogens with zero attached hydrogens (tertiary/aromatic N) is 3. The van der Waals surface area contributed by atoms with Crippen molar-refractivity contribution in [2.45, 2.75) is 64.0 Å². The van der Waals surface area contributed by atoms with Gasteiger partial charge in [-0.05, 0) is 49.3 Å². The Hall–Kier alpha value is -3.66. The van der Waals surface area contributed by atoms with Crippen LogP contribution in [-0.4, -0.2) is 53.7 Å². The highest BCUT2D eigenvalue weighted by molar-refractivity contribution is 6.06. The van der Waals surface area contributed by atoms with Crippen molar-refractivity contribution in [1.29, 1.82) is 5.26 Å². The van der Waals surface area contributed by atoms with E-state index in [0.717, 1.165) is 16.8 Å². The van der Waals surface area contributed by atoms with Crippen molar-refractivity contribution in [1.82, 2.24) is 9.80 Å². The topological polar surface area (TPSA) is 93.5 Å². The lowest BCUT2D eigenvalue weighted by molar-refractivity contribution is -0.145. The van der Waals surface area contributed by atoms with Crippen molar-refractivity contribution in [2.24, 2.45) is 5.92 Å². The van der Waals surface area contributed by atoms with Gasteiger partial charge >= 0.3 is 0 Å². The average molecular weight is 489 g/mol. The van der Waals surface area contributed by atoms with E-state index in [4.69, 9.17) is 0 Å². The normalized spacial score (nSPS) is 18.1. The first-order valence-electron chi connectivity index (χ1n) is 12.4. The lowest BCUT2D eigenvalue weighted by Crippen LogP contribution is -2.52. The highest BCUT2D eigenvalue weighted by Crippen LogP contribution is 2.41. The van der Waals surface area contributed by atoms with Crippen LogP contribution in [0.5, 0.6) is 0 Å². The lowest BCUT2D eigenvalue weighted by Gasteiger charge is -2.35. The first-order valence-corrected chi connectivity index (χ1v) is 12.4. The number of para-hydroxylation sites is 1. The van der Waals surface area contributed by atoms with E-state index in [2.05, 4.69) is 11.4 Å². The Bertz CT molecular complexity index is 1140. The van der Waals surface area contributed by atoms with Crippen LogP contribution in [0.3, 0.4) is 0 Å². The molecule has 0 aromatic heterocycles. The summed E-state index contributed by atoms with van der Waals surface area (Å²) >= 11 is 0. The zero-order valence-electron chi connectivity index (χ0n) is 21.8. The molecule has 36 heavy (non-hydrogen) atoms. The van der Waals surface area contributed by atoms with Crippen molar-refractivity contribution in [3.63, 3.8) is 0 Å². The number of carbonyl (C=O) groups excluding carboxylic acids is 3. The van der Waals surface area contributed by atoms with Gasteiger partial charge in [0.1, 0.15) is 12.1 Å². The van der Waals surface area contributed by atoms with Gasteiger partial charge in [0.25, 0.3) is 0 Å². The molecule has 0 radical (unpaired) electrons. The molecule has 7 heteroatoms. The van der Waals surface area contributed by atoms with Crippen LogP contribution >= 0.6 is 0 Å². The summed E-state index contributed by atoms with van der Waals surface area (Å²) in [6.45, 7) is 5.82. The SMILES string of the molecule is CC(C)C[C@@H](C(=O)N(C)[C@H](C#N)C[C@@]1(C)C(=O)Nc2ccccc21)N(C)C(=O)CCc1ccccc1. The number of amides is 3. The van der Waals surface area contributed by atoms with Gasteiger partial charge in [-0.25, -0.2) is 0 Å². The number of hydrogen-bond donors (Lipinski definition) is 1. The van der Waals surface area contributed by atoms with E-state index < -0.39 is 17.5 Å². The van der Waals surface area contributed by atoms with Gasteiger partial charge in [0.05, 0.1) is 11.5 Å². The molecule has 2 aromatic rings. The molecule has 0 bridgehead atoms. The van der Waals surface area contributed by atoms with Crippen LogP contribution in [-0.2, 0) is 26.2 Å². The minimum absolute atomic E-state index is 0.115. The molecule has 0 saturated carbocycles. The number of rotatable bonds is 10. The first-order chi connectivity index (χ1) is 17.1. The number of fused-ring (bicyclic) bond motifs is 1. The van der Waals surface area contributed by atoms with Gasteiger partial charge in [-0.15, -0.1) is 0 Å². The Morgan fingerprint density at radius 2 is 1.67 bits per heavy atom. The van der Waals surface area contributed by atoms with E-state index in [0.29, 0.717) is 19.3 Å². The van der Waals surface area contributed by atoms with Crippen molar-refractivity contribution >= 4 is 23.4 Å². The van der Waals surface area contributed by atoms with Gasteiger partial charge in [-0.2, -0.15) is 5.26 Å². The second kappa shape index (κ2) is 11.4. The smallest absolute Gasteiger partial charge is 0.246 e. The van der Waals surface area contributed by atoms with Gasteiger partial charge in [0.15, 0.2) is 0 Å². The molecule has 3 amide bonds. The maximum absolute atomic E-state index is 13.7. The summed E-state index contributed by atoms with van der Waals surface area (Å²) in [5.74, 6) is -0.420. The molecule has 0 fully saturated rings. The minimum atomic E-state index is -0.934. The summed E-state index contributed by atoms with van der Waals surface area (Å²) in [6, 6.07) is 17.9. The van der Waals surface area contributed by atoms with Crippen LogP contribution in [0, 0.1) is 17.2 Å². The third-order valence-corrected chi connectivity index (χ3v) is 7.15. The highest BCUT2D eigenvalue weighted by atomic mass is 16.2. The Morgan fingerprint density at radius 1 is 1.03 bits per heavy atom. The quantitative estimate of drug-likeness (QED) is 0.544. The summed E-state index contributed by atoms with van der Waals surface area (Å²) in [7, 11) is 3.25. The Kier molecular flexibility index (Phi) is 8.52. The van der Waals surface area contributed by atoms with Gasteiger partial charge in [0.2, 0.25) is 17.7 Å². The van der Waals surface area contributed by atoms with Crippen LogP contribution in [0.2, 0.25) is 0 Å². The number of nitrogens with one attached hydrogen (secondary N) is 1. The predicted molar refractivity (Wildman–Crippen MR) is 140 cm³/mol.